The van der Waals surface area contributed by atoms with Crippen molar-refractivity contribution in [1.82, 2.24) is 0 Å². The maximum absolute atomic E-state index is 11.6. The Hall–Kier alpha value is -1.06. The van der Waals surface area contributed by atoms with Gasteiger partial charge in [0.1, 0.15) is 0 Å². The van der Waals surface area contributed by atoms with Crippen LogP contribution < -0.4 is 0 Å². The molecule has 1 saturated carbocycles. The standard InChI is InChI=1S/C13H22O4/c1-16-12(14)9-11(13(15)17-2)8-10-6-4-3-5-7-10/h10-11H,3-9H2,1-2H3/t11-/m1/s1. The van der Waals surface area contributed by atoms with E-state index in [1.807, 2.05) is 0 Å². The fourth-order valence-electron chi connectivity index (χ4n) is 2.54. The number of hydrogen-bond acceptors (Lipinski definition) is 4. The van der Waals surface area contributed by atoms with Gasteiger partial charge in [-0.15, -0.1) is 0 Å². The minimum absolute atomic E-state index is 0.139. The lowest BCUT2D eigenvalue weighted by molar-refractivity contribution is -0.152. The summed E-state index contributed by atoms with van der Waals surface area (Å²) in [6.45, 7) is 0. The van der Waals surface area contributed by atoms with Gasteiger partial charge in [0.15, 0.2) is 0 Å². The van der Waals surface area contributed by atoms with Crippen LogP contribution in [0.5, 0.6) is 0 Å². The second-order valence-corrected chi connectivity index (χ2v) is 4.74. The average Bonchev–Trinajstić information content (AvgIpc) is 2.38. The Bertz CT molecular complexity index is 256. The van der Waals surface area contributed by atoms with E-state index in [-0.39, 0.29) is 24.3 Å². The number of rotatable bonds is 5. The van der Waals surface area contributed by atoms with Crippen molar-refractivity contribution in [1.29, 1.82) is 0 Å². The minimum Gasteiger partial charge on any atom is -0.469 e. The van der Waals surface area contributed by atoms with Gasteiger partial charge >= 0.3 is 11.9 Å². The number of hydrogen-bond donors (Lipinski definition) is 0. The van der Waals surface area contributed by atoms with Crippen molar-refractivity contribution < 1.29 is 19.1 Å². The van der Waals surface area contributed by atoms with Gasteiger partial charge in [-0.1, -0.05) is 32.1 Å². The maximum Gasteiger partial charge on any atom is 0.309 e. The zero-order valence-electron chi connectivity index (χ0n) is 10.7. The smallest absolute Gasteiger partial charge is 0.309 e. The molecular weight excluding hydrogens is 220 g/mol. The van der Waals surface area contributed by atoms with Crippen molar-refractivity contribution in [3.05, 3.63) is 0 Å². The molecule has 0 radical (unpaired) electrons. The quantitative estimate of drug-likeness (QED) is 0.694. The van der Waals surface area contributed by atoms with Crippen LogP contribution in [0, 0.1) is 11.8 Å². The first-order valence-corrected chi connectivity index (χ1v) is 6.32. The van der Waals surface area contributed by atoms with Crippen molar-refractivity contribution >= 4 is 11.9 Å². The van der Waals surface area contributed by atoms with E-state index in [0.717, 1.165) is 19.3 Å². The Morgan fingerprint density at radius 2 is 1.76 bits per heavy atom. The second-order valence-electron chi connectivity index (χ2n) is 4.74. The van der Waals surface area contributed by atoms with Crippen LogP contribution in [0.3, 0.4) is 0 Å². The van der Waals surface area contributed by atoms with Gasteiger partial charge in [0, 0.05) is 0 Å². The number of esters is 2. The monoisotopic (exact) mass is 242 g/mol. The average molecular weight is 242 g/mol. The first-order valence-electron chi connectivity index (χ1n) is 6.32. The van der Waals surface area contributed by atoms with Gasteiger partial charge in [-0.05, 0) is 12.3 Å². The third kappa shape index (κ3) is 4.75. The highest BCUT2D eigenvalue weighted by molar-refractivity contribution is 5.79. The molecule has 1 rings (SSSR count). The summed E-state index contributed by atoms with van der Waals surface area (Å²) in [6.07, 6.45) is 6.97. The first kappa shape index (κ1) is 14.0. The second kappa shape index (κ2) is 7.30. The molecule has 0 saturated heterocycles. The Balaban J connectivity index is 2.49. The highest BCUT2D eigenvalue weighted by Crippen LogP contribution is 2.30. The van der Waals surface area contributed by atoms with Gasteiger partial charge in [-0.2, -0.15) is 0 Å². The predicted molar refractivity (Wildman–Crippen MR) is 63.3 cm³/mol. The molecule has 0 heterocycles. The lowest BCUT2D eigenvalue weighted by Crippen LogP contribution is -2.24. The molecule has 0 aromatic rings. The first-order chi connectivity index (χ1) is 8.17. The summed E-state index contributed by atoms with van der Waals surface area (Å²) >= 11 is 0. The molecule has 0 spiro atoms. The molecule has 0 unspecified atom stereocenters. The Morgan fingerprint density at radius 1 is 1.12 bits per heavy atom. The molecule has 0 bridgehead atoms. The van der Waals surface area contributed by atoms with Crippen LogP contribution in [-0.4, -0.2) is 26.2 Å². The molecule has 0 aromatic heterocycles. The van der Waals surface area contributed by atoms with Crippen LogP contribution in [0.4, 0.5) is 0 Å². The lowest BCUT2D eigenvalue weighted by atomic mass is 9.82. The minimum atomic E-state index is -0.337. The van der Waals surface area contributed by atoms with E-state index in [4.69, 9.17) is 4.74 Å². The fourth-order valence-corrected chi connectivity index (χ4v) is 2.54. The third-order valence-electron chi connectivity index (χ3n) is 3.52. The molecule has 0 aliphatic heterocycles. The van der Waals surface area contributed by atoms with Crippen molar-refractivity contribution in [3.63, 3.8) is 0 Å². The summed E-state index contributed by atoms with van der Waals surface area (Å²) in [5.74, 6) is -0.412. The van der Waals surface area contributed by atoms with Gasteiger partial charge in [0.05, 0.1) is 26.6 Å². The molecule has 4 nitrogen and oxygen atoms in total. The molecule has 0 N–H and O–H groups in total. The molecule has 1 fully saturated rings. The number of carbonyl (C=O) groups excluding carboxylic acids is 2. The Kier molecular flexibility index (Phi) is 6.01. The normalized spacial score (nSPS) is 18.5. The molecule has 98 valence electrons. The zero-order valence-corrected chi connectivity index (χ0v) is 10.7. The van der Waals surface area contributed by atoms with Gasteiger partial charge < -0.3 is 9.47 Å². The van der Waals surface area contributed by atoms with Crippen molar-refractivity contribution in [2.24, 2.45) is 11.8 Å². The summed E-state index contributed by atoms with van der Waals surface area (Å²) in [4.78, 5) is 22.9. The van der Waals surface area contributed by atoms with Crippen LogP contribution >= 0.6 is 0 Å². The van der Waals surface area contributed by atoms with Crippen LogP contribution in [0.1, 0.15) is 44.9 Å². The van der Waals surface area contributed by atoms with E-state index in [0.29, 0.717) is 5.92 Å². The highest BCUT2D eigenvalue weighted by atomic mass is 16.5. The molecule has 1 atom stereocenters. The van der Waals surface area contributed by atoms with Gasteiger partial charge in [0.25, 0.3) is 0 Å². The molecular formula is C13H22O4. The number of methoxy groups -OCH3 is 2. The molecule has 4 heteroatoms. The van der Waals surface area contributed by atoms with Gasteiger partial charge in [-0.25, -0.2) is 0 Å². The number of carbonyl (C=O) groups is 2. The summed E-state index contributed by atoms with van der Waals surface area (Å²) in [5, 5.41) is 0. The SMILES string of the molecule is COC(=O)C[C@@H](CC1CCCCC1)C(=O)OC. The van der Waals surface area contributed by atoms with Gasteiger partial charge in [-0.3, -0.25) is 9.59 Å². The van der Waals surface area contributed by atoms with Crippen LogP contribution in [-0.2, 0) is 19.1 Å². The van der Waals surface area contributed by atoms with Crippen LogP contribution in [0.25, 0.3) is 0 Å². The summed E-state index contributed by atoms with van der Waals surface area (Å²) < 4.78 is 9.37. The molecule has 1 aliphatic rings. The molecule has 0 amide bonds. The third-order valence-corrected chi connectivity index (χ3v) is 3.52. The van der Waals surface area contributed by atoms with Crippen LogP contribution in [0.2, 0.25) is 0 Å². The summed E-state index contributed by atoms with van der Waals surface area (Å²) in [6, 6.07) is 0. The lowest BCUT2D eigenvalue weighted by Gasteiger charge is -2.24. The molecule has 0 aromatic carbocycles. The highest BCUT2D eigenvalue weighted by Gasteiger charge is 2.27. The summed E-state index contributed by atoms with van der Waals surface area (Å²) in [5.41, 5.74) is 0. The topological polar surface area (TPSA) is 52.6 Å². The maximum atomic E-state index is 11.6. The molecule has 17 heavy (non-hydrogen) atoms. The van der Waals surface area contributed by atoms with E-state index >= 15 is 0 Å². The van der Waals surface area contributed by atoms with E-state index in [9.17, 15) is 9.59 Å². The van der Waals surface area contributed by atoms with E-state index < -0.39 is 0 Å². The van der Waals surface area contributed by atoms with E-state index in [1.54, 1.807) is 0 Å². The van der Waals surface area contributed by atoms with Gasteiger partial charge in [0.2, 0.25) is 0 Å². The predicted octanol–water partition coefficient (Wildman–Crippen LogP) is 2.31. The van der Waals surface area contributed by atoms with Crippen molar-refractivity contribution in [3.8, 4) is 0 Å². The Labute approximate surface area is 103 Å². The van der Waals surface area contributed by atoms with E-state index in [2.05, 4.69) is 4.74 Å². The van der Waals surface area contributed by atoms with Crippen molar-refractivity contribution in [2.45, 2.75) is 44.9 Å². The fraction of sp³-hybridized carbons (Fsp3) is 0.846. The Morgan fingerprint density at radius 3 is 2.29 bits per heavy atom. The zero-order chi connectivity index (χ0) is 12.7. The number of ether oxygens (including phenoxy) is 2. The van der Waals surface area contributed by atoms with E-state index in [1.165, 1.54) is 33.5 Å². The van der Waals surface area contributed by atoms with Crippen LogP contribution in [0.15, 0.2) is 0 Å². The van der Waals surface area contributed by atoms with Crippen molar-refractivity contribution in [2.75, 3.05) is 14.2 Å². The largest absolute Gasteiger partial charge is 0.469 e. The molecule has 1 aliphatic carbocycles. The summed E-state index contributed by atoms with van der Waals surface area (Å²) in [7, 11) is 2.71.